The van der Waals surface area contributed by atoms with Gasteiger partial charge in [-0.1, -0.05) is 182 Å². The van der Waals surface area contributed by atoms with Gasteiger partial charge in [-0.05, 0) is 85.6 Å². The summed E-state index contributed by atoms with van der Waals surface area (Å²) >= 11 is 0. The fourth-order valence-electron chi connectivity index (χ4n) is 9.56. The van der Waals surface area contributed by atoms with Gasteiger partial charge in [0, 0.05) is 34.6 Å². The molecule has 0 saturated heterocycles. The zero-order chi connectivity index (χ0) is 41.0. The van der Waals surface area contributed by atoms with Gasteiger partial charge in [0.25, 0.3) is 0 Å². The van der Waals surface area contributed by atoms with Crippen LogP contribution in [0.5, 0.6) is 0 Å². The topological polar surface area (TPSA) is 56.0 Å². The number of benzene rings is 8. The van der Waals surface area contributed by atoms with E-state index in [0.717, 1.165) is 55.5 Å². The molecule has 8 aromatic carbocycles. The van der Waals surface area contributed by atoms with Gasteiger partial charge in [0.15, 0.2) is 17.5 Å². The van der Waals surface area contributed by atoms with Gasteiger partial charge in [0.2, 0.25) is 0 Å². The molecule has 0 atom stereocenters. The highest BCUT2D eigenvalue weighted by Crippen LogP contribution is 2.57. The second-order valence-corrected chi connectivity index (χ2v) is 15.8. The predicted octanol–water partition coefficient (Wildman–Crippen LogP) is 13.4. The minimum atomic E-state index is -0.597. The Labute approximate surface area is 359 Å². The van der Waals surface area contributed by atoms with Crippen LogP contribution in [-0.2, 0) is 5.41 Å². The number of pyridine rings is 1. The first-order valence-electron chi connectivity index (χ1n) is 21.0. The molecule has 0 bridgehead atoms. The molecule has 0 unspecified atom stereocenters. The van der Waals surface area contributed by atoms with Crippen molar-refractivity contribution >= 4 is 16.4 Å². The van der Waals surface area contributed by atoms with Gasteiger partial charge in [0.05, 0.1) is 11.1 Å². The molecule has 290 valence electrons. The minimum absolute atomic E-state index is 0.597. The number of hydrogen-bond donors (Lipinski definition) is 0. The minimum Gasteiger partial charge on any atom is -0.306 e. The Morgan fingerprint density at radius 1 is 0.339 bits per heavy atom. The molecule has 0 aliphatic heterocycles. The number of nitrogens with zero attached hydrogens (tertiary/aromatic N) is 5. The SMILES string of the molecule is c1ccc(-c2nc(-c3ccccc3)nc(-c3ccc(-c4ccc5c(c4)C(c4ccccc4)(c4ccccc4)c4cc(-c6cn7ccccc7n6)ccc4-5)c4ccccc34)n2)cc1. The molecule has 1 aliphatic rings. The molecule has 11 aromatic rings. The summed E-state index contributed by atoms with van der Waals surface area (Å²) in [4.78, 5) is 20.3. The lowest BCUT2D eigenvalue weighted by molar-refractivity contribution is 0.769. The Kier molecular flexibility index (Phi) is 8.32. The molecule has 62 heavy (non-hydrogen) atoms. The van der Waals surface area contributed by atoms with Crippen molar-refractivity contribution in [2.45, 2.75) is 5.41 Å². The van der Waals surface area contributed by atoms with E-state index in [4.69, 9.17) is 19.9 Å². The lowest BCUT2D eigenvalue weighted by Gasteiger charge is -2.34. The molecule has 0 radical (unpaired) electrons. The van der Waals surface area contributed by atoms with Gasteiger partial charge in [0.1, 0.15) is 5.65 Å². The predicted molar refractivity (Wildman–Crippen MR) is 251 cm³/mol. The van der Waals surface area contributed by atoms with Crippen LogP contribution in [0.2, 0.25) is 0 Å². The third-order valence-corrected chi connectivity index (χ3v) is 12.4. The zero-order valence-electron chi connectivity index (χ0n) is 33.6. The van der Waals surface area contributed by atoms with Gasteiger partial charge in [-0.15, -0.1) is 0 Å². The van der Waals surface area contributed by atoms with Crippen LogP contribution in [0, 0.1) is 0 Å². The van der Waals surface area contributed by atoms with E-state index in [1.54, 1.807) is 0 Å². The summed E-state index contributed by atoms with van der Waals surface area (Å²) in [6, 6.07) is 75.4. The summed E-state index contributed by atoms with van der Waals surface area (Å²) < 4.78 is 2.09. The lowest BCUT2D eigenvalue weighted by atomic mass is 9.67. The summed E-state index contributed by atoms with van der Waals surface area (Å²) in [6.45, 7) is 0. The number of rotatable bonds is 7. The van der Waals surface area contributed by atoms with Crippen LogP contribution in [0.25, 0.3) is 84.1 Å². The van der Waals surface area contributed by atoms with Crippen LogP contribution >= 0.6 is 0 Å². The van der Waals surface area contributed by atoms with E-state index in [1.165, 1.54) is 33.4 Å². The molecular weight excluding hydrogens is 755 g/mol. The standard InChI is InChI=1S/C57H37N5/c1-5-17-38(18-6-1)54-59-55(39-19-7-2-8-20-39)61-56(60-54)49-33-32-44(45-25-13-14-26-46(45)49)40-28-30-47-48-31-29-41(52-37-62-34-16-15-27-53(62)58-52)36-51(48)57(50(47)35-40,42-21-9-3-10-22-42)43-23-11-4-12-24-43/h1-37H. The van der Waals surface area contributed by atoms with Gasteiger partial charge in [-0.3, -0.25) is 0 Å². The van der Waals surface area contributed by atoms with Crippen molar-refractivity contribution in [1.82, 2.24) is 24.3 Å². The normalized spacial score (nSPS) is 12.6. The van der Waals surface area contributed by atoms with Crippen molar-refractivity contribution in [2.24, 2.45) is 0 Å². The number of hydrogen-bond acceptors (Lipinski definition) is 4. The fraction of sp³-hybridized carbons (Fsp3) is 0.0175. The summed E-state index contributed by atoms with van der Waals surface area (Å²) in [5, 5.41) is 2.20. The highest BCUT2D eigenvalue weighted by Gasteiger charge is 2.46. The molecule has 3 aromatic heterocycles. The van der Waals surface area contributed by atoms with Crippen molar-refractivity contribution in [3.8, 4) is 67.7 Å². The van der Waals surface area contributed by atoms with Crippen LogP contribution in [0.3, 0.4) is 0 Å². The van der Waals surface area contributed by atoms with Crippen molar-refractivity contribution in [3.05, 3.63) is 247 Å². The van der Waals surface area contributed by atoms with Gasteiger partial charge >= 0.3 is 0 Å². The van der Waals surface area contributed by atoms with E-state index in [9.17, 15) is 0 Å². The Balaban J connectivity index is 1.06. The molecule has 3 heterocycles. The molecule has 5 nitrogen and oxygen atoms in total. The van der Waals surface area contributed by atoms with Crippen molar-refractivity contribution in [1.29, 1.82) is 0 Å². The molecule has 0 spiro atoms. The van der Waals surface area contributed by atoms with E-state index in [0.29, 0.717) is 17.5 Å². The number of imidazole rings is 1. The average Bonchev–Trinajstić information content (AvgIpc) is 3.92. The average molecular weight is 792 g/mol. The van der Waals surface area contributed by atoms with Crippen LogP contribution < -0.4 is 0 Å². The van der Waals surface area contributed by atoms with Crippen LogP contribution in [0.4, 0.5) is 0 Å². The summed E-state index contributed by atoms with van der Waals surface area (Å²) in [7, 11) is 0. The third-order valence-electron chi connectivity index (χ3n) is 12.4. The Bertz CT molecular complexity index is 3320. The largest absolute Gasteiger partial charge is 0.306 e. The smallest absolute Gasteiger partial charge is 0.164 e. The molecule has 5 heteroatoms. The van der Waals surface area contributed by atoms with Crippen molar-refractivity contribution in [2.75, 3.05) is 0 Å². The van der Waals surface area contributed by atoms with Gasteiger partial charge in [-0.2, -0.15) is 0 Å². The molecule has 0 N–H and O–H groups in total. The highest BCUT2D eigenvalue weighted by atomic mass is 15.0. The Morgan fingerprint density at radius 3 is 1.40 bits per heavy atom. The first-order chi connectivity index (χ1) is 30.7. The first-order valence-corrected chi connectivity index (χ1v) is 21.0. The third kappa shape index (κ3) is 5.70. The molecule has 0 amide bonds. The van der Waals surface area contributed by atoms with Gasteiger partial charge < -0.3 is 4.40 Å². The van der Waals surface area contributed by atoms with Gasteiger partial charge in [-0.25, -0.2) is 19.9 Å². The number of aromatic nitrogens is 5. The molecule has 0 fully saturated rings. The van der Waals surface area contributed by atoms with E-state index in [-0.39, 0.29) is 0 Å². The Morgan fingerprint density at radius 2 is 0.806 bits per heavy atom. The summed E-state index contributed by atoms with van der Waals surface area (Å²) in [6.07, 6.45) is 4.18. The van der Waals surface area contributed by atoms with Crippen LogP contribution in [0.15, 0.2) is 225 Å². The molecular formula is C57H37N5. The molecule has 1 aliphatic carbocycles. The maximum absolute atomic E-state index is 5.12. The van der Waals surface area contributed by atoms with Crippen LogP contribution in [-0.4, -0.2) is 24.3 Å². The second-order valence-electron chi connectivity index (χ2n) is 15.8. The molecule has 0 saturated carbocycles. The maximum Gasteiger partial charge on any atom is 0.164 e. The monoisotopic (exact) mass is 791 g/mol. The maximum atomic E-state index is 5.12. The van der Waals surface area contributed by atoms with E-state index >= 15 is 0 Å². The zero-order valence-corrected chi connectivity index (χ0v) is 33.6. The van der Waals surface area contributed by atoms with E-state index < -0.39 is 5.41 Å². The van der Waals surface area contributed by atoms with E-state index in [2.05, 4.69) is 156 Å². The fourth-order valence-corrected chi connectivity index (χ4v) is 9.56. The van der Waals surface area contributed by atoms with Crippen molar-refractivity contribution < 1.29 is 0 Å². The summed E-state index contributed by atoms with van der Waals surface area (Å²) in [5.74, 6) is 1.92. The first kappa shape index (κ1) is 35.6. The lowest BCUT2D eigenvalue weighted by Crippen LogP contribution is -2.28. The molecule has 12 rings (SSSR count). The number of fused-ring (bicyclic) bond motifs is 5. The quantitative estimate of drug-likeness (QED) is 0.161. The second kappa shape index (κ2) is 14.5. The van der Waals surface area contributed by atoms with Crippen LogP contribution in [0.1, 0.15) is 22.3 Å². The van der Waals surface area contributed by atoms with Crippen molar-refractivity contribution in [3.63, 3.8) is 0 Å². The van der Waals surface area contributed by atoms with E-state index in [1.807, 2.05) is 72.8 Å². The highest BCUT2D eigenvalue weighted by molar-refractivity contribution is 6.05. The Hall–Kier alpha value is -8.28. The summed E-state index contributed by atoms with van der Waals surface area (Å²) in [5.41, 5.74) is 14.9.